The number of hydrogen-bond donors (Lipinski definition) is 0. The summed E-state index contributed by atoms with van der Waals surface area (Å²) in [7, 11) is 0. The van der Waals surface area contributed by atoms with Crippen LogP contribution in [0.2, 0.25) is 0 Å². The van der Waals surface area contributed by atoms with Gasteiger partial charge < -0.3 is 9.57 Å². The van der Waals surface area contributed by atoms with Gasteiger partial charge in [0, 0.05) is 11.8 Å². The molecule has 1 saturated carbocycles. The van der Waals surface area contributed by atoms with Crippen molar-refractivity contribution in [3.8, 4) is 6.07 Å². The summed E-state index contributed by atoms with van der Waals surface area (Å²) < 4.78 is 4.94. The monoisotopic (exact) mass is 250 g/mol. The predicted octanol–water partition coefficient (Wildman–Crippen LogP) is 2.02. The Morgan fingerprint density at radius 1 is 1.67 bits per heavy atom. The number of nitrogens with zero attached hydrogens (tertiary/aromatic N) is 2. The number of esters is 1. The molecule has 0 N–H and O–H groups in total. The number of hydrogen-bond acceptors (Lipinski definition) is 5. The van der Waals surface area contributed by atoms with Crippen molar-refractivity contribution in [1.82, 2.24) is 0 Å². The molecule has 0 spiro atoms. The van der Waals surface area contributed by atoms with Crippen LogP contribution in [-0.4, -0.2) is 23.9 Å². The Morgan fingerprint density at radius 3 is 3.00 bits per heavy atom. The van der Waals surface area contributed by atoms with Gasteiger partial charge in [0.15, 0.2) is 6.61 Å². The van der Waals surface area contributed by atoms with Crippen LogP contribution in [-0.2, 0) is 14.4 Å². The third kappa shape index (κ3) is 1.86. The summed E-state index contributed by atoms with van der Waals surface area (Å²) >= 11 is 0. The van der Waals surface area contributed by atoms with E-state index in [0.717, 1.165) is 18.6 Å². The van der Waals surface area contributed by atoms with Gasteiger partial charge in [0.2, 0.25) is 5.60 Å². The number of carbonyl (C=O) groups excluding carboxylic acids is 1. The van der Waals surface area contributed by atoms with Gasteiger partial charge in [0.05, 0.1) is 11.6 Å². The summed E-state index contributed by atoms with van der Waals surface area (Å²) in [6.07, 6.45) is 2.42. The molecule has 0 aromatic rings. The highest BCUT2D eigenvalue weighted by Gasteiger charge is 2.60. The SMILES string of the molecule is CC(C)(C)C1=NOC2(C(=O)OCC#N)CCCC12. The van der Waals surface area contributed by atoms with Crippen molar-refractivity contribution in [2.24, 2.45) is 16.5 Å². The van der Waals surface area contributed by atoms with E-state index in [-0.39, 0.29) is 17.9 Å². The molecule has 18 heavy (non-hydrogen) atoms. The molecule has 0 bridgehead atoms. The quantitative estimate of drug-likeness (QED) is 0.703. The molecule has 2 atom stereocenters. The molecule has 1 aliphatic heterocycles. The molecular weight excluding hydrogens is 232 g/mol. The van der Waals surface area contributed by atoms with Gasteiger partial charge in [-0.3, -0.25) is 0 Å². The van der Waals surface area contributed by atoms with Crippen LogP contribution in [0.3, 0.4) is 0 Å². The van der Waals surface area contributed by atoms with Crippen LogP contribution in [0, 0.1) is 22.7 Å². The van der Waals surface area contributed by atoms with Gasteiger partial charge in [-0.25, -0.2) is 4.79 Å². The average molecular weight is 250 g/mol. The second-order valence-corrected chi connectivity index (χ2v) is 5.89. The summed E-state index contributed by atoms with van der Waals surface area (Å²) in [5.74, 6) is -0.460. The summed E-state index contributed by atoms with van der Waals surface area (Å²) in [5.41, 5.74) is -0.167. The molecule has 2 aliphatic rings. The maximum absolute atomic E-state index is 12.1. The maximum atomic E-state index is 12.1. The van der Waals surface area contributed by atoms with Crippen LogP contribution in [0.1, 0.15) is 40.0 Å². The highest BCUT2D eigenvalue weighted by molar-refractivity contribution is 5.99. The Balaban J connectivity index is 2.21. The molecule has 0 radical (unpaired) electrons. The lowest BCUT2D eigenvalue weighted by Gasteiger charge is -2.27. The molecule has 98 valence electrons. The molecular formula is C13H18N2O3. The van der Waals surface area contributed by atoms with Crippen molar-refractivity contribution in [3.05, 3.63) is 0 Å². The number of rotatable bonds is 2. The Labute approximate surface area is 107 Å². The normalized spacial score (nSPS) is 30.1. The second-order valence-electron chi connectivity index (χ2n) is 5.89. The first-order valence-corrected chi connectivity index (χ1v) is 6.22. The molecule has 1 aliphatic carbocycles. The zero-order valence-electron chi connectivity index (χ0n) is 11.0. The molecule has 5 heteroatoms. The summed E-state index contributed by atoms with van der Waals surface area (Å²) in [6, 6.07) is 1.80. The maximum Gasteiger partial charge on any atom is 0.355 e. The molecule has 2 unspecified atom stereocenters. The Morgan fingerprint density at radius 2 is 2.39 bits per heavy atom. The first-order chi connectivity index (χ1) is 8.42. The van der Waals surface area contributed by atoms with E-state index in [2.05, 4.69) is 25.9 Å². The van der Waals surface area contributed by atoms with Crippen LogP contribution in [0.4, 0.5) is 0 Å². The fourth-order valence-corrected chi connectivity index (χ4v) is 2.80. The van der Waals surface area contributed by atoms with Crippen LogP contribution >= 0.6 is 0 Å². The lowest BCUT2D eigenvalue weighted by atomic mass is 9.76. The van der Waals surface area contributed by atoms with Gasteiger partial charge in [0.25, 0.3) is 0 Å². The molecule has 1 fully saturated rings. The fraction of sp³-hybridized carbons (Fsp3) is 0.769. The van der Waals surface area contributed by atoms with Gasteiger partial charge in [-0.15, -0.1) is 0 Å². The first-order valence-electron chi connectivity index (χ1n) is 6.22. The van der Waals surface area contributed by atoms with Gasteiger partial charge >= 0.3 is 5.97 Å². The zero-order chi connectivity index (χ0) is 13.4. The summed E-state index contributed by atoms with van der Waals surface area (Å²) in [5, 5.41) is 12.6. The molecule has 5 nitrogen and oxygen atoms in total. The number of carbonyl (C=O) groups is 1. The molecule has 0 saturated heterocycles. The van der Waals surface area contributed by atoms with Crippen molar-refractivity contribution >= 4 is 11.7 Å². The van der Waals surface area contributed by atoms with Crippen LogP contribution in [0.15, 0.2) is 5.16 Å². The minimum absolute atomic E-state index is 0.0105. The second kappa shape index (κ2) is 4.27. The topological polar surface area (TPSA) is 71.7 Å². The standard InChI is InChI=1S/C13H18N2O3/c1-12(2,3)10-9-5-4-6-13(9,18-15-10)11(16)17-8-7-14/h9H,4-6,8H2,1-3H3. The summed E-state index contributed by atoms with van der Waals surface area (Å²) in [4.78, 5) is 17.6. The van der Waals surface area contributed by atoms with Gasteiger partial charge in [-0.1, -0.05) is 25.9 Å². The fourth-order valence-electron chi connectivity index (χ4n) is 2.80. The Kier molecular flexibility index (Phi) is 3.05. The lowest BCUT2D eigenvalue weighted by molar-refractivity contribution is -0.170. The Bertz CT molecular complexity index is 430. The highest BCUT2D eigenvalue weighted by atomic mass is 16.7. The third-order valence-electron chi connectivity index (χ3n) is 3.62. The smallest absolute Gasteiger partial charge is 0.355 e. The van der Waals surface area contributed by atoms with Crippen molar-refractivity contribution in [3.63, 3.8) is 0 Å². The zero-order valence-corrected chi connectivity index (χ0v) is 11.0. The van der Waals surface area contributed by atoms with E-state index < -0.39 is 11.6 Å². The highest BCUT2D eigenvalue weighted by Crippen LogP contribution is 2.48. The van der Waals surface area contributed by atoms with E-state index in [1.807, 2.05) is 0 Å². The first kappa shape index (κ1) is 12.9. The predicted molar refractivity (Wildman–Crippen MR) is 64.6 cm³/mol. The van der Waals surface area contributed by atoms with Gasteiger partial charge in [0.1, 0.15) is 6.07 Å². The van der Waals surface area contributed by atoms with Gasteiger partial charge in [-0.2, -0.15) is 5.26 Å². The number of nitriles is 1. The minimum atomic E-state index is -0.973. The number of fused-ring (bicyclic) bond motifs is 1. The van der Waals surface area contributed by atoms with Crippen molar-refractivity contribution in [2.45, 2.75) is 45.6 Å². The summed E-state index contributed by atoms with van der Waals surface area (Å²) in [6.45, 7) is 5.94. The van der Waals surface area contributed by atoms with Crippen LogP contribution < -0.4 is 0 Å². The Hall–Kier alpha value is -1.57. The lowest BCUT2D eigenvalue weighted by Crippen LogP contribution is -2.45. The average Bonchev–Trinajstić information content (AvgIpc) is 2.82. The van der Waals surface area contributed by atoms with E-state index in [4.69, 9.17) is 14.8 Å². The van der Waals surface area contributed by atoms with Gasteiger partial charge in [-0.05, 0) is 12.8 Å². The van der Waals surface area contributed by atoms with E-state index in [1.165, 1.54) is 0 Å². The van der Waals surface area contributed by atoms with Crippen LogP contribution in [0.25, 0.3) is 0 Å². The molecule has 0 aromatic heterocycles. The minimum Gasteiger partial charge on any atom is -0.447 e. The van der Waals surface area contributed by atoms with E-state index in [1.54, 1.807) is 6.07 Å². The third-order valence-corrected chi connectivity index (χ3v) is 3.62. The molecule has 1 heterocycles. The number of oxime groups is 1. The number of ether oxygens (including phenoxy) is 1. The van der Waals surface area contributed by atoms with E-state index in [0.29, 0.717) is 6.42 Å². The van der Waals surface area contributed by atoms with Crippen molar-refractivity contribution < 1.29 is 14.4 Å². The molecule has 2 rings (SSSR count). The largest absolute Gasteiger partial charge is 0.447 e. The van der Waals surface area contributed by atoms with E-state index in [9.17, 15) is 4.79 Å². The molecule has 0 amide bonds. The van der Waals surface area contributed by atoms with Crippen molar-refractivity contribution in [1.29, 1.82) is 5.26 Å². The molecule has 0 aromatic carbocycles. The van der Waals surface area contributed by atoms with Crippen molar-refractivity contribution in [2.75, 3.05) is 6.61 Å². The van der Waals surface area contributed by atoms with Crippen LogP contribution in [0.5, 0.6) is 0 Å². The van der Waals surface area contributed by atoms with E-state index >= 15 is 0 Å².